The van der Waals surface area contributed by atoms with Gasteiger partial charge in [0, 0.05) is 18.3 Å². The molecule has 3 rings (SSSR count). The third-order valence-corrected chi connectivity index (χ3v) is 10.2. The van der Waals surface area contributed by atoms with E-state index < -0.39 is 27.5 Å². The number of carbonyl (C=O) groups is 4. The van der Waals surface area contributed by atoms with Gasteiger partial charge in [-0.3, -0.25) is 9.59 Å². The summed E-state index contributed by atoms with van der Waals surface area (Å²) in [6.45, 7) is 2.06. The van der Waals surface area contributed by atoms with Gasteiger partial charge in [0.1, 0.15) is 11.4 Å². The zero-order chi connectivity index (χ0) is 23.5. The Hall–Kier alpha value is -1.52. The van der Waals surface area contributed by atoms with Crippen molar-refractivity contribution in [1.82, 2.24) is 0 Å². The van der Waals surface area contributed by atoms with Crippen LogP contribution in [0.25, 0.3) is 0 Å². The summed E-state index contributed by atoms with van der Waals surface area (Å²) >= 11 is 3.38. The molecule has 2 saturated heterocycles. The lowest BCUT2D eigenvalue weighted by Crippen LogP contribution is -2.53. The second-order valence-corrected chi connectivity index (χ2v) is 11.4. The summed E-state index contributed by atoms with van der Waals surface area (Å²) in [5.41, 5.74) is -1.04. The Bertz CT molecular complexity index is 786. The zero-order valence-corrected chi connectivity index (χ0v) is 20.5. The van der Waals surface area contributed by atoms with Crippen LogP contribution in [0.5, 0.6) is 0 Å². The van der Waals surface area contributed by atoms with Crippen molar-refractivity contribution in [2.45, 2.75) is 42.8 Å². The van der Waals surface area contributed by atoms with Gasteiger partial charge in [-0.2, -0.15) is 0 Å². The van der Waals surface area contributed by atoms with Crippen LogP contribution in [0.2, 0.25) is 0 Å². The second kappa shape index (κ2) is 10.2. The maximum Gasteiger partial charge on any atom is 0.344 e. The van der Waals surface area contributed by atoms with E-state index in [1.54, 1.807) is 29.6 Å². The molecule has 32 heavy (non-hydrogen) atoms. The topological polar surface area (TPSA) is 105 Å². The van der Waals surface area contributed by atoms with Crippen molar-refractivity contribution in [3.05, 3.63) is 11.6 Å². The number of esters is 3. The number of carbonyl (C=O) groups excluding carboxylic acids is 4. The van der Waals surface area contributed by atoms with Crippen LogP contribution in [0.15, 0.2) is 11.6 Å². The molecule has 2 heterocycles. The average molecular weight is 487 g/mol. The number of Topliss-reactive ketones (excluding diaryl/α,β-unsaturated/α-hetero) is 1. The van der Waals surface area contributed by atoms with Crippen LogP contribution >= 0.6 is 23.5 Å². The van der Waals surface area contributed by atoms with Gasteiger partial charge in [0.05, 0.1) is 43.5 Å². The molecule has 0 spiro atoms. The summed E-state index contributed by atoms with van der Waals surface area (Å²) in [7, 11) is 3.78. The predicted octanol–water partition coefficient (Wildman–Crippen LogP) is 2.39. The van der Waals surface area contributed by atoms with Crippen LogP contribution in [0, 0.1) is 17.3 Å². The Morgan fingerprint density at radius 1 is 1.09 bits per heavy atom. The number of thioether (sulfide) groups is 2. The minimum Gasteiger partial charge on any atom is -0.469 e. The fraction of sp³-hybridized carbons (Fsp3) is 0.727. The Labute approximate surface area is 196 Å². The third-order valence-electron chi connectivity index (χ3n) is 6.76. The lowest BCUT2D eigenvalue weighted by Gasteiger charge is -2.47. The maximum atomic E-state index is 12.9. The van der Waals surface area contributed by atoms with Crippen LogP contribution in [0.1, 0.15) is 32.6 Å². The van der Waals surface area contributed by atoms with Gasteiger partial charge in [-0.1, -0.05) is 13.0 Å². The van der Waals surface area contributed by atoms with E-state index in [0.717, 1.165) is 17.9 Å². The minimum atomic E-state index is -0.866. The van der Waals surface area contributed by atoms with E-state index in [-0.39, 0.29) is 35.8 Å². The van der Waals surface area contributed by atoms with Crippen molar-refractivity contribution < 1.29 is 38.1 Å². The molecule has 0 aromatic rings. The smallest absolute Gasteiger partial charge is 0.344 e. The standard InChI is InChI=1S/C22H30O8S2/c1-13-15(23)7-8-21(20(26)29-4)12-30-17(16(13)21)22(31-10-5-11-32-22)9-6-14(18(24)27-2)19(25)28-3/h6,13,16-17H,5,7-12H2,1-4H3/t13?,16-,17+,21+/m1/s1. The molecule has 3 fully saturated rings. The van der Waals surface area contributed by atoms with Gasteiger partial charge in [-0.05, 0) is 30.8 Å². The minimum absolute atomic E-state index is 0.117. The van der Waals surface area contributed by atoms with E-state index in [9.17, 15) is 19.2 Å². The first-order chi connectivity index (χ1) is 15.3. The van der Waals surface area contributed by atoms with Crippen molar-refractivity contribution in [1.29, 1.82) is 0 Å². The highest BCUT2D eigenvalue weighted by Crippen LogP contribution is 2.60. The zero-order valence-electron chi connectivity index (χ0n) is 18.8. The van der Waals surface area contributed by atoms with Gasteiger partial charge in [-0.25, -0.2) is 9.59 Å². The van der Waals surface area contributed by atoms with Crippen molar-refractivity contribution in [2.75, 3.05) is 39.4 Å². The number of hydrogen-bond donors (Lipinski definition) is 0. The maximum absolute atomic E-state index is 12.9. The number of ether oxygens (including phenoxy) is 4. The Morgan fingerprint density at radius 3 is 2.28 bits per heavy atom. The molecule has 0 N–H and O–H groups in total. The van der Waals surface area contributed by atoms with Gasteiger partial charge in [0.15, 0.2) is 0 Å². The number of fused-ring (bicyclic) bond motifs is 1. The van der Waals surface area contributed by atoms with Crippen molar-refractivity contribution in [3.63, 3.8) is 0 Å². The number of hydrogen-bond acceptors (Lipinski definition) is 10. The molecular weight excluding hydrogens is 456 g/mol. The van der Waals surface area contributed by atoms with Crippen LogP contribution in [0.4, 0.5) is 0 Å². The largest absolute Gasteiger partial charge is 0.469 e. The Morgan fingerprint density at radius 2 is 1.72 bits per heavy atom. The highest BCUT2D eigenvalue weighted by atomic mass is 32.2. The normalized spacial score (nSPS) is 31.2. The van der Waals surface area contributed by atoms with Crippen molar-refractivity contribution in [2.24, 2.45) is 17.3 Å². The molecule has 1 unspecified atom stereocenters. The van der Waals surface area contributed by atoms with Crippen LogP contribution < -0.4 is 0 Å². The SMILES string of the molecule is COC(=O)C(=CCC1([C@H]2OC[C@@]3(C(=O)OC)CCC(=O)C(C)[C@H]23)SCCCS1)C(=O)OC. The highest BCUT2D eigenvalue weighted by Gasteiger charge is 2.65. The summed E-state index contributed by atoms with van der Waals surface area (Å²) in [6.07, 6.45) is 3.17. The van der Waals surface area contributed by atoms with E-state index in [0.29, 0.717) is 19.3 Å². The van der Waals surface area contributed by atoms with Crippen molar-refractivity contribution >= 4 is 47.2 Å². The second-order valence-electron chi connectivity index (χ2n) is 8.33. The number of methoxy groups -OCH3 is 3. The molecule has 1 saturated carbocycles. The summed E-state index contributed by atoms with van der Waals surface area (Å²) < 4.78 is 20.4. The molecule has 4 atom stereocenters. The first-order valence-electron chi connectivity index (χ1n) is 10.6. The molecule has 2 aliphatic heterocycles. The quantitative estimate of drug-likeness (QED) is 0.183. The molecule has 0 aromatic heterocycles. The highest BCUT2D eigenvalue weighted by molar-refractivity contribution is 8.18. The summed E-state index contributed by atoms with van der Waals surface area (Å²) in [5, 5.41) is 0. The molecule has 0 bridgehead atoms. The molecule has 0 aromatic carbocycles. The van der Waals surface area contributed by atoms with Gasteiger partial charge >= 0.3 is 17.9 Å². The predicted molar refractivity (Wildman–Crippen MR) is 120 cm³/mol. The first kappa shape index (κ1) is 25.1. The van der Waals surface area contributed by atoms with E-state index in [1.165, 1.54) is 21.3 Å². The number of allylic oxidation sites excluding steroid dienone is 1. The third kappa shape index (κ3) is 4.33. The van der Waals surface area contributed by atoms with Gasteiger partial charge in [0.2, 0.25) is 0 Å². The van der Waals surface area contributed by atoms with Crippen LogP contribution in [0.3, 0.4) is 0 Å². The number of rotatable bonds is 6. The van der Waals surface area contributed by atoms with Gasteiger partial charge in [0.25, 0.3) is 0 Å². The molecule has 8 nitrogen and oxygen atoms in total. The first-order valence-corrected chi connectivity index (χ1v) is 12.6. The van der Waals surface area contributed by atoms with E-state index in [1.807, 2.05) is 6.92 Å². The molecule has 3 aliphatic rings. The molecule has 178 valence electrons. The summed E-state index contributed by atoms with van der Waals surface area (Å²) in [6, 6.07) is 0. The average Bonchev–Trinajstić information content (AvgIpc) is 3.23. The van der Waals surface area contributed by atoms with E-state index in [2.05, 4.69) is 0 Å². The fourth-order valence-corrected chi connectivity index (χ4v) is 8.53. The molecule has 0 amide bonds. The molecular formula is C22H30O8S2. The van der Waals surface area contributed by atoms with E-state index in [4.69, 9.17) is 18.9 Å². The van der Waals surface area contributed by atoms with Gasteiger partial charge in [-0.15, -0.1) is 23.5 Å². The Balaban J connectivity index is 2.02. The lowest BCUT2D eigenvalue weighted by atomic mass is 9.61. The molecule has 10 heteroatoms. The van der Waals surface area contributed by atoms with E-state index >= 15 is 0 Å². The van der Waals surface area contributed by atoms with Crippen LogP contribution in [-0.2, 0) is 38.1 Å². The molecule has 1 aliphatic carbocycles. The number of ketones is 1. The van der Waals surface area contributed by atoms with Crippen molar-refractivity contribution in [3.8, 4) is 0 Å². The fourth-order valence-electron chi connectivity index (χ4n) is 5.09. The van der Waals surface area contributed by atoms with Gasteiger partial charge < -0.3 is 18.9 Å². The summed E-state index contributed by atoms with van der Waals surface area (Å²) in [4.78, 5) is 49.9. The monoisotopic (exact) mass is 486 g/mol. The lowest BCUT2D eigenvalue weighted by molar-refractivity contribution is -0.160. The summed E-state index contributed by atoms with van der Waals surface area (Å²) in [5.74, 6) is -0.732. The van der Waals surface area contributed by atoms with Crippen LogP contribution in [-0.4, -0.2) is 73.3 Å². The molecule has 0 radical (unpaired) electrons. The Kier molecular flexibility index (Phi) is 7.98.